The Hall–Kier alpha value is -2.16. The molecule has 1 saturated carbocycles. The lowest BCUT2D eigenvalue weighted by Gasteiger charge is -2.29. The maximum Gasteiger partial charge on any atom is 0.165 e. The van der Waals surface area contributed by atoms with Crippen LogP contribution in [0.4, 0.5) is 8.78 Å². The highest BCUT2D eigenvalue weighted by molar-refractivity contribution is 5.71. The molecule has 0 saturated heterocycles. The second-order valence-electron chi connectivity index (χ2n) is 9.32. The summed E-state index contributed by atoms with van der Waals surface area (Å²) in [7, 11) is 1.48. The van der Waals surface area contributed by atoms with Crippen molar-refractivity contribution in [1.29, 1.82) is 0 Å². The van der Waals surface area contributed by atoms with E-state index in [-0.39, 0.29) is 17.4 Å². The summed E-state index contributed by atoms with van der Waals surface area (Å²) in [5.41, 5.74) is 4.70. The fourth-order valence-electron chi connectivity index (χ4n) is 5.38. The Morgan fingerprint density at radius 3 is 2.45 bits per heavy atom. The quantitative estimate of drug-likeness (QED) is 0.409. The molecule has 0 spiro atoms. The van der Waals surface area contributed by atoms with E-state index in [2.05, 4.69) is 19.1 Å². The Bertz CT molecular complexity index is 938. The number of methoxy groups -OCH3 is 1. The molecule has 4 rings (SSSR count). The van der Waals surface area contributed by atoms with Crippen LogP contribution < -0.4 is 4.74 Å². The van der Waals surface area contributed by atoms with Crippen LogP contribution in [0.15, 0.2) is 36.4 Å². The number of unbranched alkanes of at least 4 members (excludes halogenated alkanes) is 2. The summed E-state index contributed by atoms with van der Waals surface area (Å²) in [6, 6.07) is 9.10. The number of hydrogen-bond acceptors (Lipinski definition) is 1. The summed E-state index contributed by atoms with van der Waals surface area (Å²) in [5.74, 6) is 1.10. The third-order valence-electron chi connectivity index (χ3n) is 7.30. The van der Waals surface area contributed by atoms with Crippen molar-refractivity contribution in [2.24, 2.45) is 5.92 Å². The summed E-state index contributed by atoms with van der Waals surface area (Å²) in [6.45, 7) is 2.26. The molecule has 2 aromatic carbocycles. The van der Waals surface area contributed by atoms with Gasteiger partial charge in [-0.25, -0.2) is 8.78 Å². The lowest BCUT2D eigenvalue weighted by molar-refractivity contribution is 0.302. The minimum absolute atomic E-state index is 0.147. The summed E-state index contributed by atoms with van der Waals surface area (Å²) < 4.78 is 34.3. The van der Waals surface area contributed by atoms with E-state index in [1.165, 1.54) is 64.5 Å². The average Bonchev–Trinajstić information content (AvgIpc) is 2.79. The van der Waals surface area contributed by atoms with Gasteiger partial charge in [-0.15, -0.1) is 0 Å². The van der Waals surface area contributed by atoms with Crippen molar-refractivity contribution >= 4 is 5.57 Å². The van der Waals surface area contributed by atoms with Crippen molar-refractivity contribution in [3.8, 4) is 5.75 Å². The van der Waals surface area contributed by atoms with Crippen LogP contribution in [0.2, 0.25) is 0 Å². The fourth-order valence-corrected chi connectivity index (χ4v) is 5.38. The van der Waals surface area contributed by atoms with Crippen LogP contribution in [0.1, 0.15) is 86.5 Å². The molecule has 166 valence electrons. The molecule has 0 atom stereocenters. The van der Waals surface area contributed by atoms with Crippen LogP contribution in [0.5, 0.6) is 5.75 Å². The van der Waals surface area contributed by atoms with Gasteiger partial charge >= 0.3 is 0 Å². The Kier molecular flexibility index (Phi) is 7.09. The Labute approximate surface area is 185 Å². The molecule has 0 aromatic heterocycles. The lowest BCUT2D eigenvalue weighted by Crippen LogP contribution is -2.14. The molecule has 2 aromatic rings. The van der Waals surface area contributed by atoms with Gasteiger partial charge in [0, 0.05) is 5.56 Å². The molecule has 0 aliphatic heterocycles. The second kappa shape index (κ2) is 9.97. The van der Waals surface area contributed by atoms with E-state index >= 15 is 4.39 Å². The number of hydrogen-bond donors (Lipinski definition) is 0. The number of rotatable bonds is 7. The fraction of sp³-hybridized carbons (Fsp3) is 0.500. The zero-order valence-electron chi connectivity index (χ0n) is 18.9. The van der Waals surface area contributed by atoms with E-state index in [1.54, 1.807) is 12.1 Å². The van der Waals surface area contributed by atoms with Crippen molar-refractivity contribution < 1.29 is 13.5 Å². The van der Waals surface area contributed by atoms with Gasteiger partial charge in [0.1, 0.15) is 5.82 Å². The average molecular weight is 425 g/mol. The first kappa shape index (κ1) is 22.0. The molecule has 0 unspecified atom stereocenters. The first-order valence-corrected chi connectivity index (χ1v) is 11.9. The van der Waals surface area contributed by atoms with Crippen molar-refractivity contribution in [1.82, 2.24) is 0 Å². The van der Waals surface area contributed by atoms with Gasteiger partial charge in [0.25, 0.3) is 0 Å². The number of allylic oxidation sites excluding steroid dienone is 2. The van der Waals surface area contributed by atoms with Crippen molar-refractivity contribution in [3.05, 3.63) is 70.3 Å². The molecule has 3 heteroatoms. The summed E-state index contributed by atoms with van der Waals surface area (Å²) in [5, 5.41) is 0. The van der Waals surface area contributed by atoms with Crippen molar-refractivity contribution in [3.63, 3.8) is 0 Å². The van der Waals surface area contributed by atoms with E-state index in [0.29, 0.717) is 24.3 Å². The van der Waals surface area contributed by atoms with E-state index in [4.69, 9.17) is 4.74 Å². The van der Waals surface area contributed by atoms with Crippen LogP contribution in [-0.2, 0) is 12.8 Å². The minimum Gasteiger partial charge on any atom is -0.494 e. The van der Waals surface area contributed by atoms with Crippen LogP contribution in [0.25, 0.3) is 5.57 Å². The number of ether oxygens (including phenoxy) is 1. The molecule has 0 radical (unpaired) electrons. The zero-order chi connectivity index (χ0) is 21.8. The number of fused-ring (bicyclic) bond motifs is 1. The zero-order valence-corrected chi connectivity index (χ0v) is 18.9. The van der Waals surface area contributed by atoms with Gasteiger partial charge in [0.15, 0.2) is 11.6 Å². The Morgan fingerprint density at radius 2 is 1.74 bits per heavy atom. The molecule has 0 N–H and O–H groups in total. The van der Waals surface area contributed by atoms with Crippen LogP contribution in [-0.4, -0.2) is 7.11 Å². The molecule has 2 aliphatic carbocycles. The number of halogens is 2. The normalized spacial score (nSPS) is 20.8. The molecular formula is C28H34F2O. The topological polar surface area (TPSA) is 9.23 Å². The van der Waals surface area contributed by atoms with Crippen molar-refractivity contribution in [2.75, 3.05) is 7.11 Å². The van der Waals surface area contributed by atoms with Gasteiger partial charge in [0.05, 0.1) is 7.11 Å². The summed E-state index contributed by atoms with van der Waals surface area (Å²) >= 11 is 0. The molecule has 0 amide bonds. The van der Waals surface area contributed by atoms with Crippen LogP contribution >= 0.6 is 0 Å². The minimum atomic E-state index is -0.358. The number of benzene rings is 2. The molecule has 1 nitrogen and oxygen atoms in total. The molecule has 31 heavy (non-hydrogen) atoms. The smallest absolute Gasteiger partial charge is 0.165 e. The van der Waals surface area contributed by atoms with E-state index in [1.807, 2.05) is 6.07 Å². The van der Waals surface area contributed by atoms with Gasteiger partial charge in [-0.05, 0) is 90.8 Å². The monoisotopic (exact) mass is 424 g/mol. The van der Waals surface area contributed by atoms with Gasteiger partial charge in [-0.2, -0.15) is 0 Å². The van der Waals surface area contributed by atoms with Crippen LogP contribution in [0, 0.1) is 17.6 Å². The standard InChI is InChI=1S/C28H34F2O/c1-3-4-5-6-19-7-9-20(10-8-19)21-13-14-25(26(29)16-21)23-12-11-22-18-28(31-2)27(30)17-24(22)15-23/h12-14,16-20H,3-11,15H2,1-2H3. The third-order valence-corrected chi connectivity index (χ3v) is 7.30. The highest BCUT2D eigenvalue weighted by Gasteiger charge is 2.24. The van der Waals surface area contributed by atoms with Gasteiger partial charge in [-0.1, -0.05) is 50.8 Å². The van der Waals surface area contributed by atoms with Gasteiger partial charge < -0.3 is 4.74 Å². The Morgan fingerprint density at radius 1 is 0.935 bits per heavy atom. The summed E-state index contributed by atoms with van der Waals surface area (Å²) in [4.78, 5) is 0. The highest BCUT2D eigenvalue weighted by atomic mass is 19.1. The third kappa shape index (κ3) is 5.02. The van der Waals surface area contributed by atoms with E-state index in [9.17, 15) is 4.39 Å². The second-order valence-corrected chi connectivity index (χ2v) is 9.32. The molecule has 0 heterocycles. The first-order chi connectivity index (χ1) is 15.1. The molecule has 0 bridgehead atoms. The maximum absolute atomic E-state index is 15.1. The van der Waals surface area contributed by atoms with Gasteiger partial charge in [0.2, 0.25) is 0 Å². The SMILES string of the molecule is CCCCCC1CCC(c2ccc(C3=CCc4cc(OC)c(F)cc4C3)c(F)c2)CC1. The maximum atomic E-state index is 15.1. The van der Waals surface area contributed by atoms with E-state index < -0.39 is 0 Å². The van der Waals surface area contributed by atoms with Crippen molar-refractivity contribution in [2.45, 2.75) is 77.0 Å². The predicted molar refractivity (Wildman–Crippen MR) is 124 cm³/mol. The van der Waals surface area contributed by atoms with Crippen LogP contribution in [0.3, 0.4) is 0 Å². The molecule has 1 fully saturated rings. The highest BCUT2D eigenvalue weighted by Crippen LogP contribution is 2.39. The molecular weight excluding hydrogens is 390 g/mol. The van der Waals surface area contributed by atoms with E-state index in [0.717, 1.165) is 28.2 Å². The first-order valence-electron chi connectivity index (χ1n) is 11.9. The predicted octanol–water partition coefficient (Wildman–Crippen LogP) is 8.01. The summed E-state index contributed by atoms with van der Waals surface area (Å²) in [6.07, 6.45) is 13.5. The van der Waals surface area contributed by atoms with Gasteiger partial charge in [-0.3, -0.25) is 0 Å². The largest absolute Gasteiger partial charge is 0.494 e. The molecule has 2 aliphatic rings. The lowest BCUT2D eigenvalue weighted by atomic mass is 9.76. The Balaban J connectivity index is 1.42.